The van der Waals surface area contributed by atoms with Crippen molar-refractivity contribution in [2.45, 2.75) is 96.7 Å². The van der Waals surface area contributed by atoms with Gasteiger partial charge in [-0.15, -0.1) is 0 Å². The summed E-state index contributed by atoms with van der Waals surface area (Å²) in [6, 6.07) is 0. The second kappa shape index (κ2) is 72.1. The van der Waals surface area contributed by atoms with Gasteiger partial charge in [0.25, 0.3) is 0 Å². The molecule has 14 nitrogen and oxygen atoms in total. The first-order chi connectivity index (χ1) is 19.6. The van der Waals surface area contributed by atoms with Gasteiger partial charge >= 0.3 is 0 Å². The second-order valence-electron chi connectivity index (χ2n) is 8.05. The van der Waals surface area contributed by atoms with E-state index in [4.69, 9.17) is 71.5 Å². The van der Waals surface area contributed by atoms with Crippen LogP contribution in [0.1, 0.15) is 84.5 Å². The lowest BCUT2D eigenvalue weighted by Crippen LogP contribution is -2.08. The average molecular weight is 617 g/mol. The molecule has 0 aliphatic heterocycles. The van der Waals surface area contributed by atoms with Crippen molar-refractivity contribution >= 4 is 0 Å². The fraction of sp³-hybridized carbons (Fsp3) is 1.00. The van der Waals surface area contributed by atoms with Crippen LogP contribution in [0.2, 0.25) is 0 Å². The molecule has 14 heteroatoms. The maximum Gasteiger partial charge on any atom is 0.0768 e. The van der Waals surface area contributed by atoms with Crippen LogP contribution in [0.4, 0.5) is 0 Å². The monoisotopic (exact) mass is 616 g/mol. The molecule has 0 aromatic carbocycles. The fourth-order valence-corrected chi connectivity index (χ4v) is 1.40. The Kier molecular flexibility index (Phi) is 98.9. The SMILES string of the molecule is CC(O)CO.CCC(O)CO.OCCCCCCO.OCCCCCO.OCCCCO.OCCCO.OCCO. The molecular formula is C27H68O14. The van der Waals surface area contributed by atoms with Gasteiger partial charge in [0.1, 0.15) is 0 Å². The molecule has 0 aromatic heterocycles. The van der Waals surface area contributed by atoms with Crippen molar-refractivity contribution < 1.29 is 71.5 Å². The van der Waals surface area contributed by atoms with Gasteiger partial charge in [0.05, 0.1) is 38.6 Å². The average Bonchev–Trinajstić information content (AvgIpc) is 3.00. The summed E-state index contributed by atoms with van der Waals surface area (Å²) in [4.78, 5) is 0. The Labute approximate surface area is 247 Å². The van der Waals surface area contributed by atoms with Crippen molar-refractivity contribution in [1.29, 1.82) is 0 Å². The molecule has 0 saturated heterocycles. The van der Waals surface area contributed by atoms with Crippen molar-refractivity contribution in [2.75, 3.05) is 79.3 Å². The molecule has 260 valence electrons. The summed E-state index contributed by atoms with van der Waals surface area (Å²) in [5, 5.41) is 113. The molecular weight excluding hydrogens is 548 g/mol. The van der Waals surface area contributed by atoms with Crippen LogP contribution >= 0.6 is 0 Å². The van der Waals surface area contributed by atoms with E-state index in [1.807, 2.05) is 6.92 Å². The van der Waals surface area contributed by atoms with Crippen LogP contribution in [-0.4, -0.2) is 163 Å². The molecule has 0 saturated carbocycles. The van der Waals surface area contributed by atoms with Gasteiger partial charge in [0, 0.05) is 52.9 Å². The highest BCUT2D eigenvalue weighted by Gasteiger charge is 1.92. The lowest BCUT2D eigenvalue weighted by Gasteiger charge is -1.97. The summed E-state index contributed by atoms with van der Waals surface area (Å²) < 4.78 is 0. The van der Waals surface area contributed by atoms with E-state index >= 15 is 0 Å². The largest absolute Gasteiger partial charge is 0.396 e. The molecule has 0 heterocycles. The highest BCUT2D eigenvalue weighted by atomic mass is 16.3. The molecule has 0 aliphatic carbocycles. The molecule has 0 spiro atoms. The third-order valence-electron chi connectivity index (χ3n) is 3.81. The zero-order valence-electron chi connectivity index (χ0n) is 25.7. The highest BCUT2D eigenvalue weighted by Crippen LogP contribution is 1.96. The molecule has 0 amide bonds. The van der Waals surface area contributed by atoms with E-state index in [2.05, 4.69) is 0 Å². The van der Waals surface area contributed by atoms with Gasteiger partial charge in [-0.2, -0.15) is 0 Å². The third-order valence-corrected chi connectivity index (χ3v) is 3.81. The summed E-state index contributed by atoms with van der Waals surface area (Å²) in [5.41, 5.74) is 0. The molecule has 0 aromatic rings. The molecule has 41 heavy (non-hydrogen) atoms. The zero-order chi connectivity index (χ0) is 33.4. The Balaban J connectivity index is -0.0000000665. The van der Waals surface area contributed by atoms with Gasteiger partial charge in [-0.25, -0.2) is 0 Å². The van der Waals surface area contributed by atoms with E-state index in [-0.39, 0.29) is 79.3 Å². The number of hydrogen-bond donors (Lipinski definition) is 14. The lowest BCUT2D eigenvalue weighted by atomic mass is 10.2. The van der Waals surface area contributed by atoms with Crippen LogP contribution in [0.3, 0.4) is 0 Å². The van der Waals surface area contributed by atoms with E-state index in [1.54, 1.807) is 0 Å². The fourth-order valence-electron chi connectivity index (χ4n) is 1.40. The number of aliphatic hydroxyl groups excluding tert-OH is 14. The van der Waals surface area contributed by atoms with Crippen molar-refractivity contribution in [3.05, 3.63) is 0 Å². The van der Waals surface area contributed by atoms with Crippen molar-refractivity contribution in [2.24, 2.45) is 0 Å². The van der Waals surface area contributed by atoms with Gasteiger partial charge < -0.3 is 71.5 Å². The first-order valence-corrected chi connectivity index (χ1v) is 14.3. The minimum Gasteiger partial charge on any atom is -0.396 e. The van der Waals surface area contributed by atoms with E-state index < -0.39 is 12.2 Å². The molecule has 14 N–H and O–H groups in total. The third kappa shape index (κ3) is 132. The number of rotatable bonds is 18. The normalized spacial score (nSPS) is 10.5. The molecule has 0 fully saturated rings. The predicted octanol–water partition coefficient (Wildman–Crippen LogP) is -2.13. The smallest absolute Gasteiger partial charge is 0.0768 e. The van der Waals surface area contributed by atoms with E-state index in [9.17, 15) is 0 Å². The van der Waals surface area contributed by atoms with Crippen LogP contribution in [0, 0.1) is 0 Å². The minimum absolute atomic E-state index is 0.0938. The maximum absolute atomic E-state index is 8.42. The molecule has 0 aliphatic rings. The van der Waals surface area contributed by atoms with Crippen LogP contribution in [0.15, 0.2) is 0 Å². The van der Waals surface area contributed by atoms with Gasteiger partial charge in [0.15, 0.2) is 0 Å². The van der Waals surface area contributed by atoms with Crippen molar-refractivity contribution in [3.63, 3.8) is 0 Å². The quantitative estimate of drug-likeness (QED) is 0.0732. The number of hydrogen-bond acceptors (Lipinski definition) is 14. The summed E-state index contributed by atoms with van der Waals surface area (Å²) in [5.74, 6) is 0. The Morgan fingerprint density at radius 1 is 0.341 bits per heavy atom. The molecule has 0 bridgehead atoms. The van der Waals surface area contributed by atoms with E-state index in [1.165, 1.54) is 6.92 Å². The van der Waals surface area contributed by atoms with E-state index in [0.717, 1.165) is 57.8 Å². The summed E-state index contributed by atoms with van der Waals surface area (Å²) in [6.45, 7) is 4.49. The Bertz CT molecular complexity index is 296. The van der Waals surface area contributed by atoms with Crippen molar-refractivity contribution in [3.8, 4) is 0 Å². The Morgan fingerprint density at radius 2 is 0.561 bits per heavy atom. The summed E-state index contributed by atoms with van der Waals surface area (Å²) >= 11 is 0. The molecule has 2 unspecified atom stereocenters. The van der Waals surface area contributed by atoms with Crippen LogP contribution in [0.5, 0.6) is 0 Å². The van der Waals surface area contributed by atoms with Crippen molar-refractivity contribution in [1.82, 2.24) is 0 Å². The highest BCUT2D eigenvalue weighted by molar-refractivity contribution is 4.44. The van der Waals surface area contributed by atoms with Crippen LogP contribution in [0.25, 0.3) is 0 Å². The van der Waals surface area contributed by atoms with Gasteiger partial charge in [-0.3, -0.25) is 0 Å². The molecule has 0 rings (SSSR count). The summed E-state index contributed by atoms with van der Waals surface area (Å²) in [7, 11) is 0. The Morgan fingerprint density at radius 3 is 0.659 bits per heavy atom. The summed E-state index contributed by atoms with van der Waals surface area (Å²) in [6.07, 6.45) is 7.91. The topological polar surface area (TPSA) is 283 Å². The number of unbranched alkanes of at least 4 members (excludes halogenated alkanes) is 6. The van der Waals surface area contributed by atoms with E-state index in [0.29, 0.717) is 12.8 Å². The zero-order valence-corrected chi connectivity index (χ0v) is 25.7. The predicted molar refractivity (Wildman–Crippen MR) is 159 cm³/mol. The Hall–Kier alpha value is -0.560. The number of aliphatic hydroxyl groups is 14. The van der Waals surface area contributed by atoms with Gasteiger partial charge in [-0.05, 0) is 64.7 Å². The van der Waals surface area contributed by atoms with Gasteiger partial charge in [-0.1, -0.05) is 19.8 Å². The van der Waals surface area contributed by atoms with Crippen LogP contribution < -0.4 is 0 Å². The second-order valence-corrected chi connectivity index (χ2v) is 8.05. The molecule has 2 atom stereocenters. The first-order valence-electron chi connectivity index (χ1n) is 14.3. The molecule has 0 radical (unpaired) electrons. The standard InChI is InChI=1S/C6H14O2.C5H12O2.2C4H10O2.2C3H8O2.C2H6O2/c7-5-3-1-2-4-6-8;6-4-2-1-3-5-7;1-2-4(6)3-5;5-3-1-2-4-6;1-3(5)2-4;4-2-1-3-5;3-1-2-4/h7-8H,1-6H2;6-7H,1-5H2;4-6H,2-3H2,1H3;5-6H,1-4H2;3-5H,2H2,1H3;4-5H,1-3H2;3-4H,1-2H2. The minimum atomic E-state index is -0.560. The van der Waals surface area contributed by atoms with Crippen LogP contribution in [-0.2, 0) is 0 Å². The lowest BCUT2D eigenvalue weighted by molar-refractivity contribution is 0.0923. The first kappa shape index (κ1) is 56.3. The maximum atomic E-state index is 8.42. The van der Waals surface area contributed by atoms with Gasteiger partial charge in [0.2, 0.25) is 0 Å².